The number of aliphatic hydroxyl groups is 2. The van der Waals surface area contributed by atoms with E-state index >= 15 is 0 Å². The van der Waals surface area contributed by atoms with Crippen molar-refractivity contribution >= 4 is 22.8 Å². The van der Waals surface area contributed by atoms with Gasteiger partial charge in [-0.05, 0) is 59.8 Å². The van der Waals surface area contributed by atoms with Gasteiger partial charge in [-0.15, -0.1) is 0 Å². The molecule has 0 heterocycles. The van der Waals surface area contributed by atoms with Crippen molar-refractivity contribution in [2.45, 2.75) is 98.7 Å². The first-order valence-corrected chi connectivity index (χ1v) is 12.1. The van der Waals surface area contributed by atoms with Crippen LogP contribution in [0.4, 0.5) is 11.4 Å². The number of rotatable bonds is 8. The van der Waals surface area contributed by atoms with E-state index in [-0.39, 0.29) is 35.1 Å². The van der Waals surface area contributed by atoms with Gasteiger partial charge in [0.05, 0.1) is 22.8 Å². The summed E-state index contributed by atoms with van der Waals surface area (Å²) < 4.78 is 0. The molecule has 0 saturated carbocycles. The van der Waals surface area contributed by atoms with Crippen molar-refractivity contribution < 1.29 is 10.2 Å². The van der Waals surface area contributed by atoms with E-state index in [4.69, 9.17) is 9.98 Å². The summed E-state index contributed by atoms with van der Waals surface area (Å²) in [6.07, 6.45) is 0. The van der Waals surface area contributed by atoms with Gasteiger partial charge in [0.25, 0.3) is 0 Å². The molecule has 180 valence electrons. The van der Waals surface area contributed by atoms with Crippen molar-refractivity contribution in [2.24, 2.45) is 9.98 Å². The van der Waals surface area contributed by atoms with Crippen molar-refractivity contribution in [3.8, 4) is 0 Å². The molecule has 0 spiro atoms. The number of hydrogen-bond acceptors (Lipinski definition) is 4. The second-order valence-corrected chi connectivity index (χ2v) is 10.3. The highest BCUT2D eigenvalue weighted by molar-refractivity contribution is 6.12. The quantitative estimate of drug-likeness (QED) is 0.319. The van der Waals surface area contributed by atoms with Crippen molar-refractivity contribution in [1.29, 1.82) is 0 Å². The molecule has 0 aliphatic carbocycles. The van der Waals surface area contributed by atoms with E-state index in [2.05, 4.69) is 79.7 Å². The minimum atomic E-state index is -2.25. The molecule has 4 nitrogen and oxygen atoms in total. The minimum absolute atomic E-state index is 0.215. The summed E-state index contributed by atoms with van der Waals surface area (Å²) in [7, 11) is 0. The van der Waals surface area contributed by atoms with Crippen LogP contribution < -0.4 is 0 Å². The molecule has 0 aliphatic heterocycles. The van der Waals surface area contributed by atoms with Crippen molar-refractivity contribution in [3.63, 3.8) is 0 Å². The van der Waals surface area contributed by atoms with Gasteiger partial charge in [0.2, 0.25) is 5.79 Å². The van der Waals surface area contributed by atoms with Crippen molar-refractivity contribution in [3.05, 3.63) is 58.7 Å². The zero-order valence-electron chi connectivity index (χ0n) is 22.1. The molecule has 0 fully saturated rings. The van der Waals surface area contributed by atoms with Crippen LogP contribution in [0.25, 0.3) is 0 Å². The number of para-hydroxylation sites is 2. The molecule has 4 heteroatoms. The first kappa shape index (κ1) is 26.9. The van der Waals surface area contributed by atoms with Gasteiger partial charge < -0.3 is 10.2 Å². The Bertz CT molecular complexity index is 894. The predicted molar refractivity (Wildman–Crippen MR) is 142 cm³/mol. The molecule has 0 aliphatic rings. The number of nitrogens with zero attached hydrogens (tertiary/aromatic N) is 2. The first-order valence-electron chi connectivity index (χ1n) is 12.1. The van der Waals surface area contributed by atoms with Crippen LogP contribution >= 0.6 is 0 Å². The molecule has 0 aromatic heterocycles. The Morgan fingerprint density at radius 1 is 0.576 bits per heavy atom. The Kier molecular flexibility index (Phi) is 8.78. The Morgan fingerprint density at radius 3 is 1.03 bits per heavy atom. The SMILES string of the molecule is CC(=Nc1c(C(C)C)cccc1C(C)C)C(O)(O)C(C)=Nc1c(C(C)C)cccc1C(C)C. The Morgan fingerprint density at radius 2 is 0.818 bits per heavy atom. The summed E-state index contributed by atoms with van der Waals surface area (Å²) in [5, 5.41) is 22.4. The van der Waals surface area contributed by atoms with E-state index < -0.39 is 5.79 Å². The molecular formula is C29H42N2O2. The van der Waals surface area contributed by atoms with Crippen LogP contribution in [-0.4, -0.2) is 27.4 Å². The van der Waals surface area contributed by atoms with Crippen molar-refractivity contribution in [2.75, 3.05) is 0 Å². The molecule has 0 saturated heterocycles. The topological polar surface area (TPSA) is 65.2 Å². The molecule has 33 heavy (non-hydrogen) atoms. The number of hydrogen-bond donors (Lipinski definition) is 2. The highest BCUT2D eigenvalue weighted by Crippen LogP contribution is 2.37. The van der Waals surface area contributed by atoms with Gasteiger partial charge in [-0.2, -0.15) is 0 Å². The summed E-state index contributed by atoms with van der Waals surface area (Å²) >= 11 is 0. The van der Waals surface area contributed by atoms with Crippen LogP contribution in [0.15, 0.2) is 46.4 Å². The standard InChI is InChI=1S/C29H42N2O2/c1-17(2)23-13-11-14-24(18(3)4)27(23)30-21(9)29(32,33)22(10)31-28-25(19(5)6)15-12-16-26(28)20(7)8/h11-20,32-33H,1-10H3. The number of benzene rings is 2. The third kappa shape index (κ3) is 5.99. The van der Waals surface area contributed by atoms with E-state index in [1.807, 2.05) is 12.1 Å². The van der Waals surface area contributed by atoms with Gasteiger partial charge in [-0.25, -0.2) is 0 Å². The molecule has 0 bridgehead atoms. The van der Waals surface area contributed by atoms with Gasteiger partial charge in [0.1, 0.15) is 0 Å². The molecule has 0 radical (unpaired) electrons. The second kappa shape index (κ2) is 10.8. The molecule has 2 rings (SSSR count). The van der Waals surface area contributed by atoms with Crippen LogP contribution in [0.2, 0.25) is 0 Å². The third-order valence-corrected chi connectivity index (χ3v) is 6.25. The van der Waals surface area contributed by atoms with Crippen LogP contribution in [0.5, 0.6) is 0 Å². The van der Waals surface area contributed by atoms with Gasteiger partial charge in [0.15, 0.2) is 0 Å². The normalized spacial score (nSPS) is 13.7. The van der Waals surface area contributed by atoms with Gasteiger partial charge in [-0.3, -0.25) is 9.98 Å². The molecular weight excluding hydrogens is 408 g/mol. The Hall–Kier alpha value is -2.30. The summed E-state index contributed by atoms with van der Waals surface area (Å²) in [5.41, 5.74) is 6.46. The largest absolute Gasteiger partial charge is 0.356 e. The maximum atomic E-state index is 11.2. The Labute approximate surface area is 200 Å². The van der Waals surface area contributed by atoms with E-state index in [1.165, 1.54) is 0 Å². The van der Waals surface area contributed by atoms with E-state index in [9.17, 15) is 10.2 Å². The fourth-order valence-electron chi connectivity index (χ4n) is 4.03. The highest BCUT2D eigenvalue weighted by atomic mass is 16.5. The van der Waals surface area contributed by atoms with E-state index in [1.54, 1.807) is 13.8 Å². The van der Waals surface area contributed by atoms with Crippen LogP contribution in [0.1, 0.15) is 115 Å². The summed E-state index contributed by atoms with van der Waals surface area (Å²) in [5.74, 6) is -1.19. The zero-order chi connectivity index (χ0) is 25.1. The smallest absolute Gasteiger partial charge is 0.243 e. The molecule has 2 aromatic rings. The molecule has 2 N–H and O–H groups in total. The van der Waals surface area contributed by atoms with Crippen LogP contribution in [-0.2, 0) is 0 Å². The maximum Gasteiger partial charge on any atom is 0.243 e. The predicted octanol–water partition coefficient (Wildman–Crippen LogP) is 7.75. The van der Waals surface area contributed by atoms with Crippen molar-refractivity contribution in [1.82, 2.24) is 0 Å². The molecule has 0 amide bonds. The molecule has 2 aromatic carbocycles. The lowest BCUT2D eigenvalue weighted by atomic mass is 9.92. The summed E-state index contributed by atoms with van der Waals surface area (Å²) in [6, 6.07) is 12.4. The zero-order valence-corrected chi connectivity index (χ0v) is 22.1. The van der Waals surface area contributed by atoms with E-state index in [0.717, 1.165) is 33.6 Å². The fraction of sp³-hybridized carbons (Fsp3) is 0.517. The first-order chi connectivity index (χ1) is 15.3. The lowest BCUT2D eigenvalue weighted by Crippen LogP contribution is -2.44. The third-order valence-electron chi connectivity index (χ3n) is 6.25. The monoisotopic (exact) mass is 450 g/mol. The average Bonchev–Trinajstić information content (AvgIpc) is 2.72. The maximum absolute atomic E-state index is 11.2. The second-order valence-electron chi connectivity index (χ2n) is 10.3. The van der Waals surface area contributed by atoms with Gasteiger partial charge in [0, 0.05) is 0 Å². The lowest BCUT2D eigenvalue weighted by Gasteiger charge is -2.25. The fourth-order valence-corrected chi connectivity index (χ4v) is 4.03. The molecule has 0 unspecified atom stereocenters. The minimum Gasteiger partial charge on any atom is -0.356 e. The highest BCUT2D eigenvalue weighted by Gasteiger charge is 2.32. The van der Waals surface area contributed by atoms with E-state index in [0.29, 0.717) is 0 Å². The number of aliphatic imine (C=N–C) groups is 2. The molecule has 0 atom stereocenters. The van der Waals surface area contributed by atoms with Crippen LogP contribution in [0.3, 0.4) is 0 Å². The average molecular weight is 451 g/mol. The Balaban J connectivity index is 2.65. The van der Waals surface area contributed by atoms with Gasteiger partial charge >= 0.3 is 0 Å². The summed E-state index contributed by atoms with van der Waals surface area (Å²) in [4.78, 5) is 9.57. The van der Waals surface area contributed by atoms with Gasteiger partial charge in [-0.1, -0.05) is 91.8 Å². The van der Waals surface area contributed by atoms with Crippen LogP contribution in [0, 0.1) is 0 Å². The summed E-state index contributed by atoms with van der Waals surface area (Å²) in [6.45, 7) is 20.3. The lowest BCUT2D eigenvalue weighted by molar-refractivity contribution is -0.0380.